The van der Waals surface area contributed by atoms with Crippen molar-refractivity contribution in [1.82, 2.24) is 4.90 Å². The minimum absolute atomic E-state index is 0.221. The summed E-state index contributed by atoms with van der Waals surface area (Å²) in [6.07, 6.45) is 5.27. The quantitative estimate of drug-likeness (QED) is 0.779. The van der Waals surface area contributed by atoms with E-state index in [1.165, 1.54) is 6.42 Å². The van der Waals surface area contributed by atoms with Gasteiger partial charge in [0.15, 0.2) is 0 Å². The average Bonchev–Trinajstić information content (AvgIpc) is 2.83. The molecule has 1 saturated heterocycles. The summed E-state index contributed by atoms with van der Waals surface area (Å²) >= 11 is 0. The first-order chi connectivity index (χ1) is 10.1. The lowest BCUT2D eigenvalue weighted by Gasteiger charge is -2.29. The zero-order valence-electron chi connectivity index (χ0n) is 13.1. The maximum Gasteiger partial charge on any atom is 0.343 e. The van der Waals surface area contributed by atoms with Crippen LogP contribution in [0.25, 0.3) is 0 Å². The Morgan fingerprint density at radius 3 is 2.95 bits per heavy atom. The van der Waals surface area contributed by atoms with Crippen molar-refractivity contribution in [3.8, 4) is 0 Å². The highest BCUT2D eigenvalue weighted by Crippen LogP contribution is 2.35. The Hall–Kier alpha value is -1.61. The lowest BCUT2D eigenvalue weighted by Crippen LogP contribution is -2.32. The van der Waals surface area contributed by atoms with Gasteiger partial charge in [0.2, 0.25) is 0 Å². The molecule has 1 aromatic rings. The molecule has 3 nitrogen and oxygen atoms in total. The van der Waals surface area contributed by atoms with Gasteiger partial charge >= 0.3 is 5.97 Å². The standard InChI is InChI=1S/C18H23NO2/c1-12-5-4-6-16(13(12)2)18(20)21-15-8-7-14-9-10-19(3)17(14)11-15/h4-6,8,14,17H,7,9-11H2,1-3H3. The van der Waals surface area contributed by atoms with Crippen molar-refractivity contribution in [2.45, 2.75) is 39.2 Å². The average molecular weight is 285 g/mol. The number of aryl methyl sites for hydroxylation is 1. The molecule has 0 bridgehead atoms. The molecule has 21 heavy (non-hydrogen) atoms. The van der Waals surface area contributed by atoms with Gasteiger partial charge in [-0.2, -0.15) is 0 Å². The highest BCUT2D eigenvalue weighted by molar-refractivity contribution is 5.92. The van der Waals surface area contributed by atoms with E-state index in [4.69, 9.17) is 4.74 Å². The van der Waals surface area contributed by atoms with Crippen LogP contribution >= 0.6 is 0 Å². The number of hydrogen-bond donors (Lipinski definition) is 0. The largest absolute Gasteiger partial charge is 0.428 e. The predicted molar refractivity (Wildman–Crippen MR) is 83.2 cm³/mol. The topological polar surface area (TPSA) is 29.5 Å². The second kappa shape index (κ2) is 5.64. The summed E-state index contributed by atoms with van der Waals surface area (Å²) in [6.45, 7) is 5.15. The lowest BCUT2D eigenvalue weighted by atomic mass is 9.89. The molecule has 0 spiro atoms. The number of benzene rings is 1. The minimum Gasteiger partial charge on any atom is -0.428 e. The van der Waals surface area contributed by atoms with Crippen molar-refractivity contribution < 1.29 is 9.53 Å². The van der Waals surface area contributed by atoms with E-state index >= 15 is 0 Å². The summed E-state index contributed by atoms with van der Waals surface area (Å²) in [5.74, 6) is 1.36. The van der Waals surface area contributed by atoms with Gasteiger partial charge in [0.1, 0.15) is 5.76 Å². The van der Waals surface area contributed by atoms with E-state index < -0.39 is 0 Å². The summed E-state index contributed by atoms with van der Waals surface area (Å²) in [7, 11) is 2.17. The molecular formula is C18H23NO2. The normalized spacial score (nSPS) is 25.4. The molecule has 3 heteroatoms. The number of allylic oxidation sites excluding steroid dienone is 1. The molecule has 0 N–H and O–H groups in total. The van der Waals surface area contributed by atoms with E-state index in [9.17, 15) is 4.79 Å². The van der Waals surface area contributed by atoms with Crippen LogP contribution in [-0.4, -0.2) is 30.5 Å². The molecule has 1 heterocycles. The van der Waals surface area contributed by atoms with Gasteiger partial charge < -0.3 is 9.64 Å². The van der Waals surface area contributed by atoms with Crippen LogP contribution in [0.4, 0.5) is 0 Å². The highest BCUT2D eigenvalue weighted by Gasteiger charge is 2.35. The lowest BCUT2D eigenvalue weighted by molar-refractivity contribution is 0.0586. The van der Waals surface area contributed by atoms with E-state index in [0.717, 1.165) is 42.2 Å². The van der Waals surface area contributed by atoms with Crippen LogP contribution in [0.2, 0.25) is 0 Å². The number of esters is 1. The second-order valence-electron chi connectivity index (χ2n) is 6.34. The first-order valence-electron chi connectivity index (χ1n) is 7.74. The third kappa shape index (κ3) is 2.75. The monoisotopic (exact) mass is 285 g/mol. The smallest absolute Gasteiger partial charge is 0.343 e. The van der Waals surface area contributed by atoms with Crippen molar-refractivity contribution >= 4 is 5.97 Å². The van der Waals surface area contributed by atoms with Gasteiger partial charge in [0, 0.05) is 12.5 Å². The molecule has 0 amide bonds. The Balaban J connectivity index is 1.72. The fraction of sp³-hybridized carbons (Fsp3) is 0.500. The molecule has 2 unspecified atom stereocenters. The van der Waals surface area contributed by atoms with Crippen molar-refractivity contribution in [3.05, 3.63) is 46.7 Å². The summed E-state index contributed by atoms with van der Waals surface area (Å²) in [5, 5.41) is 0. The Bertz CT molecular complexity index is 591. The van der Waals surface area contributed by atoms with Gasteiger partial charge in [-0.25, -0.2) is 4.79 Å². The van der Waals surface area contributed by atoms with Crippen LogP contribution in [-0.2, 0) is 4.74 Å². The van der Waals surface area contributed by atoms with Crippen molar-refractivity contribution in [2.75, 3.05) is 13.6 Å². The number of fused-ring (bicyclic) bond motifs is 1. The van der Waals surface area contributed by atoms with Crippen LogP contribution < -0.4 is 0 Å². The third-order valence-corrected chi connectivity index (χ3v) is 5.07. The summed E-state index contributed by atoms with van der Waals surface area (Å²) in [4.78, 5) is 14.8. The maximum atomic E-state index is 12.4. The van der Waals surface area contributed by atoms with Gasteiger partial charge in [0.25, 0.3) is 0 Å². The first kappa shape index (κ1) is 14.3. The molecule has 2 atom stereocenters. The number of hydrogen-bond acceptors (Lipinski definition) is 3. The van der Waals surface area contributed by atoms with Crippen LogP contribution in [0.5, 0.6) is 0 Å². The molecule has 0 aromatic heterocycles. The van der Waals surface area contributed by atoms with Crippen molar-refractivity contribution in [3.63, 3.8) is 0 Å². The Morgan fingerprint density at radius 1 is 1.33 bits per heavy atom. The van der Waals surface area contributed by atoms with Crippen LogP contribution in [0.3, 0.4) is 0 Å². The van der Waals surface area contributed by atoms with Crippen molar-refractivity contribution in [2.24, 2.45) is 5.92 Å². The molecule has 1 aliphatic carbocycles. The fourth-order valence-corrected chi connectivity index (χ4v) is 3.49. The first-order valence-corrected chi connectivity index (χ1v) is 7.74. The van der Waals surface area contributed by atoms with Gasteiger partial charge in [-0.05, 0) is 69.5 Å². The Kier molecular flexibility index (Phi) is 3.85. The minimum atomic E-state index is -0.221. The van der Waals surface area contributed by atoms with Gasteiger partial charge in [0.05, 0.1) is 5.56 Å². The number of rotatable bonds is 2. The molecule has 3 rings (SSSR count). The number of nitrogens with zero attached hydrogens (tertiary/aromatic N) is 1. The molecule has 1 fully saturated rings. The molecule has 0 saturated carbocycles. The molecule has 2 aliphatic rings. The highest BCUT2D eigenvalue weighted by atomic mass is 16.5. The van der Waals surface area contributed by atoms with E-state index in [1.54, 1.807) is 0 Å². The van der Waals surface area contributed by atoms with E-state index in [1.807, 2.05) is 32.0 Å². The fourth-order valence-electron chi connectivity index (χ4n) is 3.49. The van der Waals surface area contributed by atoms with Crippen molar-refractivity contribution in [1.29, 1.82) is 0 Å². The Morgan fingerprint density at radius 2 is 2.14 bits per heavy atom. The SMILES string of the molecule is Cc1cccc(C(=O)OC2=CCC3CCN(C)C3C2)c1C. The summed E-state index contributed by atoms with van der Waals surface area (Å²) in [5.41, 5.74) is 2.81. The molecule has 1 aliphatic heterocycles. The Labute approximate surface area is 126 Å². The van der Waals surface area contributed by atoms with E-state index in [2.05, 4.69) is 18.0 Å². The maximum absolute atomic E-state index is 12.4. The zero-order chi connectivity index (χ0) is 15.0. The number of carbonyl (C=O) groups is 1. The number of carbonyl (C=O) groups excluding carboxylic acids is 1. The second-order valence-corrected chi connectivity index (χ2v) is 6.34. The van der Waals surface area contributed by atoms with Crippen LogP contribution in [0.1, 0.15) is 40.7 Å². The number of likely N-dealkylation sites (tertiary alicyclic amines) is 1. The predicted octanol–water partition coefficient (Wildman–Crippen LogP) is 3.46. The molecule has 112 valence electrons. The molecular weight excluding hydrogens is 262 g/mol. The molecule has 1 aromatic carbocycles. The van der Waals surface area contributed by atoms with E-state index in [-0.39, 0.29) is 5.97 Å². The van der Waals surface area contributed by atoms with E-state index in [0.29, 0.717) is 11.6 Å². The molecule has 0 radical (unpaired) electrons. The van der Waals surface area contributed by atoms with Crippen LogP contribution in [0, 0.1) is 19.8 Å². The van der Waals surface area contributed by atoms with Crippen LogP contribution in [0.15, 0.2) is 30.0 Å². The summed E-state index contributed by atoms with van der Waals surface area (Å²) < 4.78 is 5.67. The van der Waals surface area contributed by atoms with Gasteiger partial charge in [-0.3, -0.25) is 0 Å². The zero-order valence-corrected chi connectivity index (χ0v) is 13.1. The third-order valence-electron chi connectivity index (χ3n) is 5.07. The summed E-state index contributed by atoms with van der Waals surface area (Å²) in [6, 6.07) is 6.31. The van der Waals surface area contributed by atoms with Gasteiger partial charge in [-0.1, -0.05) is 12.1 Å². The number of ether oxygens (including phenoxy) is 1. The van der Waals surface area contributed by atoms with Gasteiger partial charge in [-0.15, -0.1) is 0 Å².